The van der Waals surface area contributed by atoms with Gasteiger partial charge in [0.1, 0.15) is 6.07 Å². The fraction of sp³-hybridized carbons (Fsp3) is 0.333. The predicted octanol–water partition coefficient (Wildman–Crippen LogP) is 2.08. The van der Waals surface area contributed by atoms with Gasteiger partial charge in [0.2, 0.25) is 11.9 Å². The van der Waals surface area contributed by atoms with E-state index < -0.39 is 0 Å². The van der Waals surface area contributed by atoms with Crippen molar-refractivity contribution in [2.75, 3.05) is 42.9 Å². The van der Waals surface area contributed by atoms with E-state index in [9.17, 15) is 10.1 Å². The Kier molecular flexibility index (Phi) is 6.27. The number of rotatable bonds is 6. The summed E-state index contributed by atoms with van der Waals surface area (Å²) in [6.45, 7) is 4.41. The average Bonchev–Trinajstić information content (AvgIpc) is 3.40. The largest absolute Gasteiger partial charge is 0.369 e. The number of carbonyl (C=O) groups is 1. The zero-order valence-corrected chi connectivity index (χ0v) is 18.7. The van der Waals surface area contributed by atoms with Crippen molar-refractivity contribution in [3.8, 4) is 17.5 Å². The molecule has 0 radical (unpaired) electrons. The Morgan fingerprint density at radius 2 is 1.88 bits per heavy atom. The molecule has 5 rings (SSSR count). The van der Waals surface area contributed by atoms with E-state index in [1.165, 1.54) is 0 Å². The van der Waals surface area contributed by atoms with Gasteiger partial charge in [-0.05, 0) is 43.2 Å². The van der Waals surface area contributed by atoms with Gasteiger partial charge in [0.15, 0.2) is 5.69 Å². The van der Waals surface area contributed by atoms with Crippen LogP contribution in [0.3, 0.4) is 0 Å². The summed E-state index contributed by atoms with van der Waals surface area (Å²) in [5.74, 6) is 0.465. The van der Waals surface area contributed by atoms with Crippen LogP contribution in [-0.4, -0.2) is 63.5 Å². The second-order valence-corrected chi connectivity index (χ2v) is 8.36. The van der Waals surface area contributed by atoms with E-state index in [0.29, 0.717) is 42.7 Å². The molecule has 0 bridgehead atoms. The summed E-state index contributed by atoms with van der Waals surface area (Å²) in [6.07, 6.45) is 5.67. The zero-order chi connectivity index (χ0) is 23.3. The molecule has 0 atom stereocenters. The lowest BCUT2D eigenvalue weighted by atomic mass is 10.2. The van der Waals surface area contributed by atoms with Crippen LogP contribution in [0, 0.1) is 11.3 Å². The van der Waals surface area contributed by atoms with Crippen molar-refractivity contribution >= 4 is 23.2 Å². The first-order chi connectivity index (χ1) is 16.7. The minimum atomic E-state index is 0.0450. The van der Waals surface area contributed by atoms with Gasteiger partial charge in [-0.3, -0.25) is 14.7 Å². The topological polar surface area (TPSA) is 123 Å². The van der Waals surface area contributed by atoms with Crippen molar-refractivity contribution in [1.82, 2.24) is 30.2 Å². The van der Waals surface area contributed by atoms with Crippen LogP contribution in [-0.2, 0) is 11.3 Å². The molecule has 10 nitrogen and oxygen atoms in total. The number of hydrogen-bond donors (Lipinski definition) is 2. The number of carbonyl (C=O) groups excluding carboxylic acids is 1. The Balaban J connectivity index is 1.28. The molecule has 10 heteroatoms. The van der Waals surface area contributed by atoms with Crippen molar-refractivity contribution in [2.45, 2.75) is 19.4 Å². The summed E-state index contributed by atoms with van der Waals surface area (Å²) in [4.78, 5) is 33.8. The number of pyridine rings is 2. The van der Waals surface area contributed by atoms with Gasteiger partial charge < -0.3 is 15.5 Å². The molecule has 2 N–H and O–H groups in total. The Morgan fingerprint density at radius 3 is 2.65 bits per heavy atom. The van der Waals surface area contributed by atoms with Crippen LogP contribution in [0.5, 0.6) is 0 Å². The van der Waals surface area contributed by atoms with Crippen molar-refractivity contribution in [2.24, 2.45) is 0 Å². The number of piperazine rings is 1. The minimum absolute atomic E-state index is 0.0450. The first kappa shape index (κ1) is 21.7. The summed E-state index contributed by atoms with van der Waals surface area (Å²) in [5.41, 5.74) is 4.21. The highest BCUT2D eigenvalue weighted by Gasteiger charge is 2.18. The Hall–Kier alpha value is -4.10. The number of aromatic nitrogens is 4. The molecule has 2 saturated heterocycles. The molecule has 0 unspecified atom stereocenters. The zero-order valence-electron chi connectivity index (χ0n) is 18.7. The standard InChI is InChI=1S/C24H25N9O/c25-13-21-22(33-10-1-2-11-33)6-5-19(30-21)20-7-8-27-24(31-20)29-17-3-4-18(28-14-17)15-32-12-9-26-23(34)16-32/h3-8,14H,1-2,9-12,15-16H2,(H,26,34)(H,27,29,31). The second kappa shape index (κ2) is 9.80. The molecular formula is C24H25N9O. The molecule has 2 aliphatic rings. The lowest BCUT2D eigenvalue weighted by molar-refractivity contribution is -0.124. The molecule has 0 spiro atoms. The molecule has 3 aromatic heterocycles. The van der Waals surface area contributed by atoms with Crippen molar-refractivity contribution in [1.29, 1.82) is 5.26 Å². The minimum Gasteiger partial charge on any atom is -0.369 e. The summed E-state index contributed by atoms with van der Waals surface area (Å²) < 4.78 is 0. The van der Waals surface area contributed by atoms with Gasteiger partial charge in [-0.1, -0.05) is 0 Å². The van der Waals surface area contributed by atoms with E-state index in [1.54, 1.807) is 18.5 Å². The van der Waals surface area contributed by atoms with E-state index in [4.69, 9.17) is 0 Å². The molecule has 1 amide bonds. The maximum atomic E-state index is 11.5. The smallest absolute Gasteiger partial charge is 0.234 e. The lowest BCUT2D eigenvalue weighted by Gasteiger charge is -2.25. The normalized spacial score (nSPS) is 16.2. The molecule has 0 aromatic carbocycles. The van der Waals surface area contributed by atoms with Crippen LogP contribution < -0.4 is 15.5 Å². The Bertz CT molecular complexity index is 1220. The first-order valence-corrected chi connectivity index (χ1v) is 11.4. The third-order valence-electron chi connectivity index (χ3n) is 5.93. The predicted molar refractivity (Wildman–Crippen MR) is 127 cm³/mol. The Morgan fingerprint density at radius 1 is 1.03 bits per heavy atom. The number of amides is 1. The van der Waals surface area contributed by atoms with E-state index in [1.807, 2.05) is 24.3 Å². The van der Waals surface area contributed by atoms with Crippen molar-refractivity contribution in [3.63, 3.8) is 0 Å². The van der Waals surface area contributed by atoms with Crippen molar-refractivity contribution in [3.05, 3.63) is 54.1 Å². The molecule has 3 aromatic rings. The van der Waals surface area contributed by atoms with Crippen LogP contribution in [0.4, 0.5) is 17.3 Å². The highest BCUT2D eigenvalue weighted by molar-refractivity contribution is 5.78. The fourth-order valence-electron chi connectivity index (χ4n) is 4.23. The molecule has 5 heterocycles. The van der Waals surface area contributed by atoms with E-state index in [2.05, 4.69) is 46.4 Å². The van der Waals surface area contributed by atoms with E-state index in [-0.39, 0.29) is 5.91 Å². The van der Waals surface area contributed by atoms with E-state index in [0.717, 1.165) is 49.5 Å². The molecular weight excluding hydrogens is 430 g/mol. The monoisotopic (exact) mass is 455 g/mol. The lowest BCUT2D eigenvalue weighted by Crippen LogP contribution is -2.47. The number of nitrogens with zero attached hydrogens (tertiary/aromatic N) is 7. The third kappa shape index (κ3) is 4.94. The highest BCUT2D eigenvalue weighted by atomic mass is 16.2. The van der Waals surface area contributed by atoms with Gasteiger partial charge in [-0.15, -0.1) is 0 Å². The highest BCUT2D eigenvalue weighted by Crippen LogP contribution is 2.26. The molecule has 2 fully saturated rings. The quantitative estimate of drug-likeness (QED) is 0.575. The van der Waals surface area contributed by atoms with Crippen LogP contribution in [0.1, 0.15) is 24.2 Å². The summed E-state index contributed by atoms with van der Waals surface area (Å²) in [5, 5.41) is 15.6. The molecule has 0 saturated carbocycles. The van der Waals surface area contributed by atoms with Gasteiger partial charge in [0.05, 0.1) is 41.2 Å². The second-order valence-electron chi connectivity index (χ2n) is 8.36. The number of nitriles is 1. The number of hydrogen-bond acceptors (Lipinski definition) is 9. The summed E-state index contributed by atoms with van der Waals surface area (Å²) in [6, 6.07) is 11.7. The number of nitrogens with one attached hydrogen (secondary N) is 2. The average molecular weight is 456 g/mol. The van der Waals surface area contributed by atoms with Gasteiger partial charge in [0.25, 0.3) is 0 Å². The van der Waals surface area contributed by atoms with Crippen LogP contribution in [0.25, 0.3) is 11.4 Å². The van der Waals surface area contributed by atoms with Crippen molar-refractivity contribution < 1.29 is 4.79 Å². The van der Waals surface area contributed by atoms with E-state index >= 15 is 0 Å². The molecule has 34 heavy (non-hydrogen) atoms. The molecule has 0 aliphatic carbocycles. The maximum Gasteiger partial charge on any atom is 0.234 e. The van der Waals surface area contributed by atoms with Gasteiger partial charge in [0, 0.05) is 38.9 Å². The third-order valence-corrected chi connectivity index (χ3v) is 5.93. The fourth-order valence-corrected chi connectivity index (χ4v) is 4.23. The molecule has 172 valence electrons. The van der Waals surface area contributed by atoms with Gasteiger partial charge >= 0.3 is 0 Å². The van der Waals surface area contributed by atoms with Crippen LogP contribution in [0.15, 0.2) is 42.7 Å². The summed E-state index contributed by atoms with van der Waals surface area (Å²) in [7, 11) is 0. The first-order valence-electron chi connectivity index (χ1n) is 11.4. The number of anilines is 3. The maximum absolute atomic E-state index is 11.5. The van der Waals surface area contributed by atoms with Gasteiger partial charge in [-0.25, -0.2) is 15.0 Å². The summed E-state index contributed by atoms with van der Waals surface area (Å²) >= 11 is 0. The van der Waals surface area contributed by atoms with Crippen LogP contribution >= 0.6 is 0 Å². The molecule has 2 aliphatic heterocycles. The van der Waals surface area contributed by atoms with Gasteiger partial charge in [-0.2, -0.15) is 5.26 Å². The van der Waals surface area contributed by atoms with Crippen LogP contribution in [0.2, 0.25) is 0 Å². The Labute approximate surface area is 197 Å². The SMILES string of the molecule is N#Cc1nc(-c2ccnc(Nc3ccc(CN4CCNC(=O)C4)nc3)n2)ccc1N1CCCC1.